The maximum Gasteiger partial charge on any atom is 0.328 e. The van der Waals surface area contributed by atoms with Gasteiger partial charge in [0.15, 0.2) is 12.3 Å². The number of β-lactam (4-membered cyclic amide) rings is 1. The lowest BCUT2D eigenvalue weighted by atomic mass is 10.0. The van der Waals surface area contributed by atoms with Gasteiger partial charge in [0.05, 0.1) is 20.1 Å². The molecule has 26 heavy (non-hydrogen) atoms. The highest BCUT2D eigenvalue weighted by atomic mass is 16.5. The zero-order chi connectivity index (χ0) is 18.7. The van der Waals surface area contributed by atoms with E-state index >= 15 is 0 Å². The van der Waals surface area contributed by atoms with Crippen LogP contribution < -0.4 is 5.32 Å². The Morgan fingerprint density at radius 3 is 2.77 bits per heavy atom. The fourth-order valence-electron chi connectivity index (χ4n) is 3.11. The number of amides is 2. The number of nitrogens with one attached hydrogen (secondary N) is 1. The van der Waals surface area contributed by atoms with Crippen LogP contribution in [0.5, 0.6) is 0 Å². The predicted molar refractivity (Wildman–Crippen MR) is 89.4 cm³/mol. The molecule has 0 bridgehead atoms. The van der Waals surface area contributed by atoms with Gasteiger partial charge in [0.2, 0.25) is 5.91 Å². The van der Waals surface area contributed by atoms with Crippen LogP contribution in [0.4, 0.5) is 0 Å². The number of carbonyl (C=O) groups is 3. The number of ether oxygens (including phenoxy) is 2. The van der Waals surface area contributed by atoms with Crippen molar-refractivity contribution in [1.82, 2.24) is 10.2 Å². The van der Waals surface area contributed by atoms with Crippen LogP contribution in [0.2, 0.25) is 0 Å². The Labute approximate surface area is 150 Å². The first-order valence-corrected chi connectivity index (χ1v) is 8.26. The Kier molecular flexibility index (Phi) is 5.22. The van der Waals surface area contributed by atoms with Crippen LogP contribution in [0.15, 0.2) is 42.2 Å². The van der Waals surface area contributed by atoms with E-state index in [4.69, 9.17) is 14.6 Å². The van der Waals surface area contributed by atoms with Gasteiger partial charge in [-0.05, 0) is 11.6 Å². The number of nitrogens with zero attached hydrogens (tertiary/aromatic N) is 1. The predicted octanol–water partition coefficient (Wildman–Crippen LogP) is -0.280. The van der Waals surface area contributed by atoms with Crippen molar-refractivity contribution in [3.63, 3.8) is 0 Å². The third kappa shape index (κ3) is 3.41. The van der Waals surface area contributed by atoms with Crippen LogP contribution in [0, 0.1) is 0 Å². The molecule has 0 spiro atoms. The third-order valence-corrected chi connectivity index (χ3v) is 4.39. The minimum Gasteiger partial charge on any atom is -0.472 e. The molecule has 2 saturated heterocycles. The van der Waals surface area contributed by atoms with Crippen LogP contribution in [-0.4, -0.2) is 59.8 Å². The van der Waals surface area contributed by atoms with E-state index in [2.05, 4.69) is 5.32 Å². The molecular weight excluding hydrogens is 340 g/mol. The minimum atomic E-state index is -0.990. The lowest BCUT2D eigenvalue weighted by Gasteiger charge is -2.34. The number of carbonyl (C=O) groups excluding carboxylic acids is 3. The van der Waals surface area contributed by atoms with Crippen molar-refractivity contribution in [2.45, 2.75) is 31.2 Å². The molecule has 0 radical (unpaired) electrons. The van der Waals surface area contributed by atoms with E-state index in [0.717, 1.165) is 5.56 Å². The van der Waals surface area contributed by atoms with Crippen LogP contribution in [0.25, 0.3) is 0 Å². The number of hydrogen-bond acceptors (Lipinski definition) is 6. The van der Waals surface area contributed by atoms with Gasteiger partial charge in [-0.1, -0.05) is 30.3 Å². The van der Waals surface area contributed by atoms with Crippen molar-refractivity contribution in [1.29, 1.82) is 0 Å². The second-order valence-electron chi connectivity index (χ2n) is 6.04. The zero-order valence-corrected chi connectivity index (χ0v) is 14.3. The molecule has 1 aromatic rings. The van der Waals surface area contributed by atoms with Gasteiger partial charge in [0.1, 0.15) is 11.8 Å². The van der Waals surface area contributed by atoms with E-state index in [-0.39, 0.29) is 31.1 Å². The maximum atomic E-state index is 12.8. The summed E-state index contributed by atoms with van der Waals surface area (Å²) >= 11 is 0. The van der Waals surface area contributed by atoms with Gasteiger partial charge in [0, 0.05) is 6.42 Å². The molecule has 0 aliphatic carbocycles. The minimum absolute atomic E-state index is 0.191. The van der Waals surface area contributed by atoms with Crippen molar-refractivity contribution in [3.8, 4) is 0 Å². The molecule has 0 unspecified atom stereocenters. The lowest BCUT2D eigenvalue weighted by Crippen LogP contribution is -2.58. The van der Waals surface area contributed by atoms with Crippen molar-refractivity contribution in [2.75, 3.05) is 13.7 Å². The zero-order valence-electron chi connectivity index (χ0n) is 14.3. The summed E-state index contributed by atoms with van der Waals surface area (Å²) < 4.78 is 10.3. The highest BCUT2D eigenvalue weighted by Crippen LogP contribution is 2.36. The van der Waals surface area contributed by atoms with Gasteiger partial charge in [-0.15, -0.1) is 0 Å². The monoisotopic (exact) mass is 360 g/mol. The fraction of sp³-hybridized carbons (Fsp3) is 0.389. The quantitative estimate of drug-likeness (QED) is 0.534. The van der Waals surface area contributed by atoms with Crippen molar-refractivity contribution in [2.24, 2.45) is 0 Å². The average molecular weight is 360 g/mol. The van der Waals surface area contributed by atoms with E-state index < -0.39 is 30.2 Å². The van der Waals surface area contributed by atoms with E-state index in [0.29, 0.717) is 0 Å². The van der Waals surface area contributed by atoms with Crippen molar-refractivity contribution in [3.05, 3.63) is 47.7 Å². The first-order valence-electron chi connectivity index (χ1n) is 8.26. The Hall–Kier alpha value is -2.87. The largest absolute Gasteiger partial charge is 0.472 e. The molecule has 1 aromatic carbocycles. The summed E-state index contributed by atoms with van der Waals surface area (Å²) in [6.45, 7) is -0.321. The molecule has 2 amide bonds. The Balaban J connectivity index is 1.77. The lowest BCUT2D eigenvalue weighted by molar-refractivity contribution is -0.159. The van der Waals surface area contributed by atoms with Crippen molar-refractivity contribution >= 4 is 17.8 Å². The maximum absolute atomic E-state index is 12.8. The summed E-state index contributed by atoms with van der Waals surface area (Å²) in [7, 11) is 1.25. The fourth-order valence-corrected chi connectivity index (χ4v) is 3.11. The highest BCUT2D eigenvalue weighted by molar-refractivity contribution is 5.95. The highest BCUT2D eigenvalue weighted by Gasteiger charge is 2.53. The molecule has 138 valence electrons. The van der Waals surface area contributed by atoms with Crippen LogP contribution in [0.1, 0.15) is 12.0 Å². The molecule has 8 heteroatoms. The number of aliphatic hydroxyl groups is 1. The normalized spacial score (nSPS) is 23.7. The number of fused-ring (bicyclic) bond motifs is 1. The van der Waals surface area contributed by atoms with Gasteiger partial charge in [-0.25, -0.2) is 4.79 Å². The number of hydrogen-bond donors (Lipinski definition) is 2. The van der Waals surface area contributed by atoms with Crippen LogP contribution in [0.3, 0.4) is 0 Å². The summed E-state index contributed by atoms with van der Waals surface area (Å²) in [5, 5.41) is 11.8. The molecule has 3 atom stereocenters. The molecule has 2 aliphatic heterocycles. The Bertz CT molecular complexity index is 732. The molecule has 3 rings (SSSR count). The first-order chi connectivity index (χ1) is 12.5. The SMILES string of the molecule is COC(=O)[C@H](Cc1ccccc1)NC(=O)[C@H]1/C(=C/CO)O[C@@H]2CC(=O)N21. The summed E-state index contributed by atoms with van der Waals surface area (Å²) in [5.74, 6) is -1.13. The van der Waals surface area contributed by atoms with Crippen LogP contribution >= 0.6 is 0 Å². The Morgan fingerprint density at radius 2 is 2.15 bits per heavy atom. The van der Waals surface area contributed by atoms with Gasteiger partial charge in [0.25, 0.3) is 5.91 Å². The third-order valence-electron chi connectivity index (χ3n) is 4.39. The summed E-state index contributed by atoms with van der Waals surface area (Å²) in [5.41, 5.74) is 0.856. The molecule has 2 heterocycles. The van der Waals surface area contributed by atoms with Gasteiger partial charge in [-0.2, -0.15) is 0 Å². The van der Waals surface area contributed by atoms with Gasteiger partial charge >= 0.3 is 5.97 Å². The van der Waals surface area contributed by atoms with Gasteiger partial charge in [-0.3, -0.25) is 14.5 Å². The topological polar surface area (TPSA) is 105 Å². The smallest absolute Gasteiger partial charge is 0.328 e. The first kappa shape index (κ1) is 17.9. The number of esters is 1. The number of methoxy groups -OCH3 is 1. The van der Waals surface area contributed by atoms with Gasteiger partial charge < -0.3 is 19.9 Å². The molecular formula is C18H20N2O6. The van der Waals surface area contributed by atoms with E-state index in [9.17, 15) is 14.4 Å². The number of rotatable bonds is 6. The molecule has 0 saturated carbocycles. The Morgan fingerprint density at radius 1 is 1.42 bits per heavy atom. The summed E-state index contributed by atoms with van der Waals surface area (Å²) in [6.07, 6.45) is 1.29. The molecule has 2 N–H and O–H groups in total. The van der Waals surface area contributed by atoms with Crippen molar-refractivity contribution < 1.29 is 29.0 Å². The van der Waals surface area contributed by atoms with E-state index in [1.165, 1.54) is 18.1 Å². The second kappa shape index (κ2) is 7.57. The van der Waals surface area contributed by atoms with Crippen LogP contribution in [-0.2, 0) is 30.3 Å². The summed E-state index contributed by atoms with van der Waals surface area (Å²) in [6, 6.07) is 7.31. The summed E-state index contributed by atoms with van der Waals surface area (Å²) in [4.78, 5) is 38.0. The molecule has 2 aliphatic rings. The second-order valence-corrected chi connectivity index (χ2v) is 6.04. The van der Waals surface area contributed by atoms with E-state index in [1.807, 2.05) is 30.3 Å². The molecule has 8 nitrogen and oxygen atoms in total. The molecule has 0 aromatic heterocycles. The standard InChI is InChI=1S/C18H20N2O6/c1-25-18(24)12(9-11-5-3-2-4-6-11)19-17(23)16-13(7-8-21)26-15-10-14(22)20(15)16/h2-7,12,15-16,21H,8-10H2,1H3,(H,19,23)/b13-7-/t12-,15+,16+/m0/s1. The van der Waals surface area contributed by atoms with E-state index in [1.54, 1.807) is 0 Å². The average Bonchev–Trinajstić information content (AvgIpc) is 2.93. The number of benzene rings is 1. The number of aliphatic hydroxyl groups excluding tert-OH is 1. The molecule has 2 fully saturated rings.